The van der Waals surface area contributed by atoms with E-state index in [1.165, 1.54) is 5.56 Å². The first-order valence-corrected chi connectivity index (χ1v) is 8.01. The summed E-state index contributed by atoms with van der Waals surface area (Å²) in [5.74, 6) is 1.26. The van der Waals surface area contributed by atoms with Gasteiger partial charge >= 0.3 is 0 Å². The lowest BCUT2D eigenvalue weighted by Crippen LogP contribution is -1.92. The third-order valence-corrected chi connectivity index (χ3v) is 4.26. The Morgan fingerprint density at radius 2 is 1.60 bits per heavy atom. The Kier molecular flexibility index (Phi) is 3.61. The van der Waals surface area contributed by atoms with E-state index in [1.54, 1.807) is 11.6 Å². The van der Waals surface area contributed by atoms with E-state index in [9.17, 15) is 0 Å². The maximum absolute atomic E-state index is 6.16. The Morgan fingerprint density at radius 1 is 0.920 bits per heavy atom. The molecule has 2 aromatic carbocycles. The highest BCUT2D eigenvalue weighted by Crippen LogP contribution is 2.31. The molecule has 0 amide bonds. The van der Waals surface area contributed by atoms with Crippen LogP contribution in [0.4, 0.5) is 5.82 Å². The fourth-order valence-corrected chi connectivity index (χ4v) is 2.88. The minimum atomic E-state index is 0.457. The first-order chi connectivity index (χ1) is 12.2. The number of nitrogens with two attached hydrogens (primary N) is 1. The first-order valence-electron chi connectivity index (χ1n) is 8.01. The van der Waals surface area contributed by atoms with E-state index >= 15 is 0 Å². The van der Waals surface area contributed by atoms with Crippen molar-refractivity contribution in [2.24, 2.45) is 0 Å². The topological polar surface area (TPSA) is 65.4 Å². The van der Waals surface area contributed by atoms with Gasteiger partial charge in [-0.3, -0.25) is 0 Å². The van der Waals surface area contributed by atoms with Gasteiger partial charge in [-0.25, -0.2) is 9.50 Å². The number of ether oxygens (including phenoxy) is 1. The summed E-state index contributed by atoms with van der Waals surface area (Å²) in [6, 6.07) is 16.0. The zero-order valence-corrected chi connectivity index (χ0v) is 14.1. The van der Waals surface area contributed by atoms with Crippen molar-refractivity contribution < 1.29 is 4.74 Å². The number of anilines is 1. The van der Waals surface area contributed by atoms with Crippen molar-refractivity contribution in [2.45, 2.75) is 6.92 Å². The van der Waals surface area contributed by atoms with E-state index in [2.05, 4.69) is 41.3 Å². The predicted octanol–water partition coefficient (Wildman–Crippen LogP) is 3.96. The molecule has 0 radical (unpaired) electrons. The Hall–Kier alpha value is -3.34. The standard InChI is InChI=1S/C20H18N4O/c1-13-3-5-14(6-4-13)16-11-22-20-18(19(21)23-24(20)12-16)15-7-9-17(25-2)10-8-15/h3-12H,1-2H3,(H2,21,23). The summed E-state index contributed by atoms with van der Waals surface area (Å²) >= 11 is 0. The molecule has 5 nitrogen and oxygen atoms in total. The molecule has 0 saturated heterocycles. The predicted molar refractivity (Wildman–Crippen MR) is 99.6 cm³/mol. The van der Waals surface area contributed by atoms with Crippen LogP contribution < -0.4 is 10.5 Å². The van der Waals surface area contributed by atoms with Gasteiger partial charge in [-0.2, -0.15) is 0 Å². The molecule has 4 rings (SSSR count). The lowest BCUT2D eigenvalue weighted by atomic mass is 10.1. The Balaban J connectivity index is 1.81. The third-order valence-electron chi connectivity index (χ3n) is 4.26. The normalized spacial score (nSPS) is 11.0. The third kappa shape index (κ3) is 2.70. The molecule has 0 saturated carbocycles. The van der Waals surface area contributed by atoms with Gasteiger partial charge in [0, 0.05) is 18.0 Å². The molecule has 25 heavy (non-hydrogen) atoms. The number of nitrogen functional groups attached to an aromatic ring is 1. The van der Waals surface area contributed by atoms with Crippen LogP contribution >= 0.6 is 0 Å². The van der Waals surface area contributed by atoms with E-state index in [-0.39, 0.29) is 0 Å². The van der Waals surface area contributed by atoms with Gasteiger partial charge in [0.1, 0.15) is 5.75 Å². The van der Waals surface area contributed by atoms with Gasteiger partial charge < -0.3 is 10.5 Å². The highest BCUT2D eigenvalue weighted by molar-refractivity contribution is 5.86. The molecular weight excluding hydrogens is 312 g/mol. The van der Waals surface area contributed by atoms with E-state index < -0.39 is 0 Å². The molecule has 0 atom stereocenters. The molecule has 0 spiro atoms. The van der Waals surface area contributed by atoms with Gasteiger partial charge in [-0.05, 0) is 30.2 Å². The molecule has 2 heterocycles. The molecule has 124 valence electrons. The smallest absolute Gasteiger partial charge is 0.165 e. The minimum absolute atomic E-state index is 0.457. The summed E-state index contributed by atoms with van der Waals surface area (Å²) in [6.45, 7) is 2.07. The number of hydrogen-bond acceptors (Lipinski definition) is 4. The van der Waals surface area contributed by atoms with E-state index in [4.69, 9.17) is 10.5 Å². The van der Waals surface area contributed by atoms with Crippen LogP contribution in [0.25, 0.3) is 27.9 Å². The minimum Gasteiger partial charge on any atom is -0.497 e. The highest BCUT2D eigenvalue weighted by Gasteiger charge is 2.14. The monoisotopic (exact) mass is 330 g/mol. The largest absolute Gasteiger partial charge is 0.497 e. The fraction of sp³-hybridized carbons (Fsp3) is 0.100. The Bertz CT molecular complexity index is 1030. The van der Waals surface area contributed by atoms with Crippen molar-refractivity contribution in [3.8, 4) is 28.0 Å². The molecule has 2 N–H and O–H groups in total. The van der Waals surface area contributed by atoms with Crippen LogP contribution in [0.15, 0.2) is 60.9 Å². The summed E-state index contributed by atoms with van der Waals surface area (Å²) in [7, 11) is 1.65. The van der Waals surface area contributed by atoms with Crippen LogP contribution in [0.3, 0.4) is 0 Å². The van der Waals surface area contributed by atoms with Crippen LogP contribution in [-0.4, -0.2) is 21.7 Å². The zero-order chi connectivity index (χ0) is 17.4. The van der Waals surface area contributed by atoms with E-state index in [1.807, 2.05) is 36.7 Å². The molecule has 4 aromatic rings. The van der Waals surface area contributed by atoms with E-state index in [0.717, 1.165) is 33.7 Å². The van der Waals surface area contributed by atoms with Gasteiger partial charge in [0.2, 0.25) is 0 Å². The molecule has 0 aliphatic carbocycles. The first kappa shape index (κ1) is 15.2. The van der Waals surface area contributed by atoms with Gasteiger partial charge in [0.15, 0.2) is 11.5 Å². The molecule has 5 heteroatoms. The SMILES string of the molecule is COc1ccc(-c2c(N)nn3cc(-c4ccc(C)cc4)cnc23)cc1. The van der Waals surface area contributed by atoms with Crippen LogP contribution in [-0.2, 0) is 0 Å². The van der Waals surface area contributed by atoms with Gasteiger partial charge in [0.05, 0.1) is 12.7 Å². The maximum Gasteiger partial charge on any atom is 0.165 e. The zero-order valence-electron chi connectivity index (χ0n) is 14.1. The lowest BCUT2D eigenvalue weighted by Gasteiger charge is -2.04. The summed E-state index contributed by atoms with van der Waals surface area (Å²) in [6.07, 6.45) is 3.81. The second-order valence-corrected chi connectivity index (χ2v) is 5.97. The van der Waals surface area contributed by atoms with Crippen molar-refractivity contribution in [3.63, 3.8) is 0 Å². The quantitative estimate of drug-likeness (QED) is 0.617. The lowest BCUT2D eigenvalue weighted by molar-refractivity contribution is 0.415. The van der Waals surface area contributed by atoms with Crippen molar-refractivity contribution in [1.82, 2.24) is 14.6 Å². The summed E-state index contributed by atoms with van der Waals surface area (Å²) < 4.78 is 6.95. The second-order valence-electron chi connectivity index (χ2n) is 5.97. The number of nitrogens with zero attached hydrogens (tertiary/aromatic N) is 3. The van der Waals surface area contributed by atoms with Gasteiger partial charge in [0.25, 0.3) is 0 Å². The van der Waals surface area contributed by atoms with E-state index in [0.29, 0.717) is 5.82 Å². The number of hydrogen-bond donors (Lipinski definition) is 1. The fourth-order valence-electron chi connectivity index (χ4n) is 2.88. The number of aromatic nitrogens is 3. The summed E-state index contributed by atoms with van der Waals surface area (Å²) in [4.78, 5) is 4.61. The molecule has 0 aliphatic heterocycles. The van der Waals surface area contributed by atoms with Crippen molar-refractivity contribution in [3.05, 3.63) is 66.5 Å². The van der Waals surface area contributed by atoms with Gasteiger partial charge in [-0.1, -0.05) is 42.0 Å². The number of rotatable bonds is 3. The Labute approximate surface area is 145 Å². The average Bonchev–Trinajstić information content (AvgIpc) is 2.97. The number of methoxy groups -OCH3 is 1. The number of benzene rings is 2. The van der Waals surface area contributed by atoms with Gasteiger partial charge in [-0.15, -0.1) is 5.10 Å². The van der Waals surface area contributed by atoms with Crippen LogP contribution in [0.2, 0.25) is 0 Å². The van der Waals surface area contributed by atoms with Crippen molar-refractivity contribution >= 4 is 11.5 Å². The van der Waals surface area contributed by atoms with Crippen LogP contribution in [0.5, 0.6) is 5.75 Å². The summed E-state index contributed by atoms with van der Waals surface area (Å²) in [5, 5.41) is 4.44. The maximum atomic E-state index is 6.16. The Morgan fingerprint density at radius 3 is 2.28 bits per heavy atom. The second kappa shape index (κ2) is 5.94. The van der Waals surface area contributed by atoms with Crippen molar-refractivity contribution in [2.75, 3.05) is 12.8 Å². The average molecular weight is 330 g/mol. The van der Waals surface area contributed by atoms with Crippen LogP contribution in [0, 0.1) is 6.92 Å². The molecular formula is C20H18N4O. The molecule has 0 bridgehead atoms. The van der Waals surface area contributed by atoms with Crippen LogP contribution in [0.1, 0.15) is 5.56 Å². The van der Waals surface area contributed by atoms with Crippen molar-refractivity contribution in [1.29, 1.82) is 0 Å². The summed E-state index contributed by atoms with van der Waals surface area (Å²) in [5.41, 5.74) is 12.0. The molecule has 0 fully saturated rings. The molecule has 0 unspecified atom stereocenters. The number of fused-ring (bicyclic) bond motifs is 1. The molecule has 2 aromatic heterocycles. The number of aryl methyl sites for hydroxylation is 1. The highest BCUT2D eigenvalue weighted by atomic mass is 16.5. The molecule has 0 aliphatic rings.